The molecule has 0 unspecified atom stereocenters. The fourth-order valence-electron chi connectivity index (χ4n) is 1.06. The van der Waals surface area contributed by atoms with E-state index in [1.807, 2.05) is 0 Å². The predicted octanol–water partition coefficient (Wildman–Crippen LogP) is 0.514. The van der Waals surface area contributed by atoms with Crippen molar-refractivity contribution in [2.45, 2.75) is 20.4 Å². The molecule has 2 N–H and O–H groups in total. The van der Waals surface area contributed by atoms with Gasteiger partial charge in [-0.05, 0) is 26.0 Å². The third-order valence-corrected chi connectivity index (χ3v) is 2.28. The van der Waals surface area contributed by atoms with Crippen molar-refractivity contribution in [1.29, 1.82) is 0 Å². The molecular weight excluding hydrogens is 222 g/mol. The van der Waals surface area contributed by atoms with Crippen LogP contribution in [-0.2, 0) is 16.1 Å². The number of nitrogens with zero attached hydrogens (tertiary/aromatic N) is 2. The summed E-state index contributed by atoms with van der Waals surface area (Å²) in [5, 5.41) is 18.8. The summed E-state index contributed by atoms with van der Waals surface area (Å²) in [7, 11) is 0. The van der Waals surface area contributed by atoms with Crippen molar-refractivity contribution in [2.75, 3.05) is 0 Å². The fraction of sp³-hybridized carbons (Fsp3) is 0.273. The lowest BCUT2D eigenvalue weighted by atomic mass is 10.1. The van der Waals surface area contributed by atoms with Crippen molar-refractivity contribution in [1.82, 2.24) is 15.5 Å². The highest BCUT2D eigenvalue weighted by Crippen LogP contribution is 2.03. The van der Waals surface area contributed by atoms with E-state index in [2.05, 4.69) is 15.5 Å². The largest absolute Gasteiger partial charge is 0.478 e. The van der Waals surface area contributed by atoms with E-state index in [1.165, 1.54) is 20.0 Å². The van der Waals surface area contributed by atoms with Crippen LogP contribution in [0.2, 0.25) is 0 Å². The Morgan fingerprint density at radius 1 is 1.35 bits per heavy atom. The van der Waals surface area contributed by atoms with E-state index in [-0.39, 0.29) is 17.7 Å². The molecule has 0 saturated heterocycles. The molecule has 1 aromatic heterocycles. The first-order valence-electron chi connectivity index (χ1n) is 4.98. The second-order valence-corrected chi connectivity index (χ2v) is 3.45. The molecule has 0 atom stereocenters. The number of rotatable bonds is 4. The number of hydrogen-bond donors (Lipinski definition) is 2. The zero-order valence-electron chi connectivity index (χ0n) is 9.60. The summed E-state index contributed by atoms with van der Waals surface area (Å²) in [5.41, 5.74) is 0.824. The number of carboxylic acids is 1. The molecule has 1 amide bonds. The Balaban J connectivity index is 2.62. The topological polar surface area (TPSA) is 92.2 Å². The van der Waals surface area contributed by atoms with Crippen molar-refractivity contribution < 1.29 is 14.7 Å². The third-order valence-electron chi connectivity index (χ3n) is 2.28. The van der Waals surface area contributed by atoms with Crippen molar-refractivity contribution in [2.24, 2.45) is 0 Å². The Hall–Kier alpha value is -2.24. The number of aliphatic carboxylic acids is 1. The van der Waals surface area contributed by atoms with Crippen LogP contribution in [0.25, 0.3) is 0 Å². The first-order chi connectivity index (χ1) is 8.02. The van der Waals surface area contributed by atoms with E-state index in [0.717, 1.165) is 0 Å². The highest BCUT2D eigenvalue weighted by molar-refractivity contribution is 6.01. The van der Waals surface area contributed by atoms with Crippen LogP contribution >= 0.6 is 0 Å². The molecule has 6 heteroatoms. The average Bonchev–Trinajstić information content (AvgIpc) is 2.35. The van der Waals surface area contributed by atoms with Gasteiger partial charge >= 0.3 is 5.97 Å². The molecule has 1 heterocycles. The first kappa shape index (κ1) is 12.8. The highest BCUT2D eigenvalue weighted by atomic mass is 16.4. The number of nitrogens with one attached hydrogen (secondary N) is 1. The monoisotopic (exact) mass is 235 g/mol. The first-order valence-corrected chi connectivity index (χ1v) is 4.98. The van der Waals surface area contributed by atoms with Gasteiger partial charge in [0.2, 0.25) is 5.91 Å². The third kappa shape index (κ3) is 3.67. The minimum absolute atomic E-state index is 0.0293. The van der Waals surface area contributed by atoms with Gasteiger partial charge in [-0.15, -0.1) is 0 Å². The van der Waals surface area contributed by atoms with Crippen LogP contribution in [0.15, 0.2) is 29.5 Å². The smallest absolute Gasteiger partial charge is 0.331 e. The number of carbonyl (C=O) groups is 2. The van der Waals surface area contributed by atoms with E-state index < -0.39 is 11.9 Å². The standard InChI is InChI=1S/C11H13N3O3/c1-7(8(2)11(16)17)10(15)12-6-9-4-3-5-13-14-9/h3-5H,6H2,1-2H3,(H,12,15)(H,16,17)/b8-7+. The number of amides is 1. The number of carboxylic acid groups (broad SMARTS) is 1. The van der Waals surface area contributed by atoms with Gasteiger partial charge in [0.1, 0.15) is 0 Å². The molecule has 0 radical (unpaired) electrons. The summed E-state index contributed by atoms with van der Waals surface area (Å²) in [6.45, 7) is 3.08. The summed E-state index contributed by atoms with van der Waals surface area (Å²) in [6.07, 6.45) is 1.53. The van der Waals surface area contributed by atoms with Crippen molar-refractivity contribution >= 4 is 11.9 Å². The van der Waals surface area contributed by atoms with Crippen LogP contribution in [-0.4, -0.2) is 27.2 Å². The summed E-state index contributed by atoms with van der Waals surface area (Å²) in [5.74, 6) is -1.52. The average molecular weight is 235 g/mol. The minimum atomic E-state index is -1.10. The summed E-state index contributed by atoms with van der Waals surface area (Å²) >= 11 is 0. The van der Waals surface area contributed by atoms with E-state index in [9.17, 15) is 9.59 Å². The Labute approximate surface area is 98.4 Å². The zero-order valence-corrected chi connectivity index (χ0v) is 9.60. The molecule has 0 spiro atoms. The van der Waals surface area contributed by atoms with Crippen molar-refractivity contribution in [3.8, 4) is 0 Å². The number of carbonyl (C=O) groups excluding carboxylic acids is 1. The van der Waals surface area contributed by atoms with Gasteiger partial charge in [-0.1, -0.05) is 0 Å². The minimum Gasteiger partial charge on any atom is -0.478 e. The molecule has 90 valence electrons. The predicted molar refractivity (Wildman–Crippen MR) is 59.9 cm³/mol. The van der Waals surface area contributed by atoms with Crippen LogP contribution in [0.4, 0.5) is 0 Å². The molecule has 0 saturated carbocycles. The lowest BCUT2D eigenvalue weighted by molar-refractivity contribution is -0.133. The van der Waals surface area contributed by atoms with Gasteiger partial charge < -0.3 is 10.4 Å². The van der Waals surface area contributed by atoms with Gasteiger partial charge in [-0.3, -0.25) is 4.79 Å². The molecule has 0 aliphatic carbocycles. The van der Waals surface area contributed by atoms with Crippen LogP contribution in [0, 0.1) is 0 Å². The Kier molecular flexibility index (Phi) is 4.33. The van der Waals surface area contributed by atoms with Crippen LogP contribution in [0.5, 0.6) is 0 Å². The molecule has 0 fully saturated rings. The van der Waals surface area contributed by atoms with Gasteiger partial charge in [0.25, 0.3) is 0 Å². The molecule has 0 aliphatic rings. The summed E-state index contributed by atoms with van der Waals surface area (Å²) in [6, 6.07) is 3.43. The maximum absolute atomic E-state index is 11.6. The lowest BCUT2D eigenvalue weighted by Gasteiger charge is -2.05. The maximum atomic E-state index is 11.6. The van der Waals surface area contributed by atoms with Gasteiger partial charge in [-0.25, -0.2) is 4.79 Å². The summed E-state index contributed by atoms with van der Waals surface area (Å²) in [4.78, 5) is 22.2. The SMILES string of the molecule is C/C(C(=O)O)=C(/C)C(=O)NCc1cccnn1. The normalized spacial score (nSPS) is 11.6. The second kappa shape index (κ2) is 5.74. The molecular formula is C11H13N3O3. The van der Waals surface area contributed by atoms with Crippen molar-refractivity contribution in [3.05, 3.63) is 35.2 Å². The van der Waals surface area contributed by atoms with E-state index >= 15 is 0 Å². The van der Waals surface area contributed by atoms with Crippen molar-refractivity contribution in [3.63, 3.8) is 0 Å². The van der Waals surface area contributed by atoms with Crippen LogP contribution in [0.1, 0.15) is 19.5 Å². The lowest BCUT2D eigenvalue weighted by Crippen LogP contribution is -2.25. The second-order valence-electron chi connectivity index (χ2n) is 3.45. The summed E-state index contributed by atoms with van der Waals surface area (Å²) < 4.78 is 0. The molecule has 0 aliphatic heterocycles. The molecule has 1 rings (SSSR count). The van der Waals surface area contributed by atoms with E-state index in [4.69, 9.17) is 5.11 Å². The molecule has 1 aromatic rings. The fourth-order valence-corrected chi connectivity index (χ4v) is 1.06. The van der Waals surface area contributed by atoms with Gasteiger partial charge in [0.15, 0.2) is 0 Å². The molecule has 6 nitrogen and oxygen atoms in total. The molecule has 0 bridgehead atoms. The molecule has 17 heavy (non-hydrogen) atoms. The number of hydrogen-bond acceptors (Lipinski definition) is 4. The Morgan fingerprint density at radius 3 is 2.59 bits per heavy atom. The van der Waals surface area contributed by atoms with Gasteiger partial charge in [0.05, 0.1) is 12.2 Å². The Morgan fingerprint density at radius 2 is 2.06 bits per heavy atom. The van der Waals surface area contributed by atoms with Gasteiger partial charge in [-0.2, -0.15) is 10.2 Å². The quantitative estimate of drug-likeness (QED) is 0.742. The Bertz CT molecular complexity index is 454. The van der Waals surface area contributed by atoms with E-state index in [1.54, 1.807) is 12.1 Å². The highest BCUT2D eigenvalue weighted by Gasteiger charge is 2.12. The van der Waals surface area contributed by atoms with Gasteiger partial charge in [0, 0.05) is 17.3 Å². The molecule has 0 aromatic carbocycles. The number of aromatic nitrogens is 2. The van der Waals surface area contributed by atoms with Crippen LogP contribution < -0.4 is 5.32 Å². The van der Waals surface area contributed by atoms with Crippen LogP contribution in [0.3, 0.4) is 0 Å². The maximum Gasteiger partial charge on any atom is 0.331 e. The zero-order chi connectivity index (χ0) is 12.8. The van der Waals surface area contributed by atoms with E-state index in [0.29, 0.717) is 5.69 Å².